The quantitative estimate of drug-likeness (QED) is 0.0195. The molecule has 0 bridgehead atoms. The lowest BCUT2D eigenvalue weighted by Crippen LogP contribution is -2.61. The van der Waals surface area contributed by atoms with Crippen LogP contribution in [0.5, 0.6) is 0 Å². The molecule has 11 nitrogen and oxygen atoms in total. The van der Waals surface area contributed by atoms with Crippen LogP contribution in [-0.4, -0.2) is 99.6 Å². The van der Waals surface area contributed by atoms with Gasteiger partial charge in [-0.05, 0) is 96.3 Å². The van der Waals surface area contributed by atoms with Crippen molar-refractivity contribution in [2.45, 2.75) is 359 Å². The third-order valence-corrected chi connectivity index (χ3v) is 16.3. The number of nitrogens with one attached hydrogen (secondary N) is 1. The van der Waals surface area contributed by atoms with Crippen LogP contribution >= 0.6 is 0 Å². The predicted molar refractivity (Wildman–Crippen MR) is 356 cm³/mol. The molecular formula is C74H131NO10. The molecule has 0 aromatic rings. The lowest BCUT2D eigenvalue weighted by Gasteiger charge is -2.41. The standard InChI is InChI=1S/C74H131NO10/c1-4-7-10-13-16-19-22-25-27-29-31-32-33-34-35-37-38-40-43-46-49-52-55-58-61-67(78)73(82)75-65(66(77)60-57-54-51-48-45-42-24-21-18-15-12-9-6-3)64-83-74-72(71(81)70(80)68(63-76)84-74)85-69(79)62-59-56-53-50-47-44-41-39-36-30-28-26-23-20-17-14-11-8-5-2/h8,11,17,20,25-28,36,39,44,47,57,60,65-68,70-72,74,76-78,80-81H,4-7,9-10,12-16,18-19,21-24,29-35,37-38,40-43,45-46,48-56,58-59,61-64H2,1-3H3,(H,75,82)/b11-8-,20-17-,27-25+,28-26-,39-36-,47-44-,60-57+. The number of hydrogen-bond acceptors (Lipinski definition) is 10. The molecule has 0 aromatic carbocycles. The van der Waals surface area contributed by atoms with Gasteiger partial charge in [-0.25, -0.2) is 0 Å². The van der Waals surface area contributed by atoms with E-state index in [9.17, 15) is 35.1 Å². The normalized spacial score (nSPS) is 18.9. The van der Waals surface area contributed by atoms with E-state index in [1.165, 1.54) is 173 Å². The number of hydrogen-bond donors (Lipinski definition) is 6. The third kappa shape index (κ3) is 48.4. The number of unbranched alkanes of at least 4 members (excludes halogenated alkanes) is 34. The SMILES string of the molecule is CC/C=C\C/C=C\C/C=C\C/C=C\C/C=C\CCCCCC(=O)OC1C(OCC(NC(=O)C(O)CCCCCCCCCCCCCCCC/C=C/CCCCCCCC)C(O)/C=C/CCCCCCCCCCCCC)OC(CO)C(O)C1O. The second kappa shape index (κ2) is 61.1. The number of allylic oxidation sites excluding steroid dienone is 13. The number of rotatable bonds is 60. The lowest BCUT2D eigenvalue weighted by molar-refractivity contribution is -0.305. The van der Waals surface area contributed by atoms with Gasteiger partial charge in [0.2, 0.25) is 5.91 Å². The van der Waals surface area contributed by atoms with Crippen LogP contribution in [-0.2, 0) is 23.8 Å². The Hall–Kier alpha value is -3.16. The molecule has 11 heteroatoms. The topological polar surface area (TPSA) is 175 Å². The van der Waals surface area contributed by atoms with Crippen LogP contribution in [0.4, 0.5) is 0 Å². The summed E-state index contributed by atoms with van der Waals surface area (Å²) in [5.41, 5.74) is 0. The zero-order valence-corrected chi connectivity index (χ0v) is 54.7. The van der Waals surface area contributed by atoms with Gasteiger partial charge in [-0.15, -0.1) is 0 Å². The highest BCUT2D eigenvalue weighted by molar-refractivity contribution is 5.80. The van der Waals surface area contributed by atoms with E-state index >= 15 is 0 Å². The second-order valence-corrected chi connectivity index (χ2v) is 24.2. The maximum atomic E-state index is 13.5. The number of esters is 1. The van der Waals surface area contributed by atoms with E-state index in [1.807, 2.05) is 6.08 Å². The first kappa shape index (κ1) is 79.9. The van der Waals surface area contributed by atoms with Crippen molar-refractivity contribution in [1.82, 2.24) is 5.32 Å². The summed E-state index contributed by atoms with van der Waals surface area (Å²) in [5.74, 6) is -1.22. The summed E-state index contributed by atoms with van der Waals surface area (Å²) in [7, 11) is 0. The van der Waals surface area contributed by atoms with E-state index in [-0.39, 0.29) is 19.4 Å². The average molecular weight is 1190 g/mol. The minimum absolute atomic E-state index is 0.0821. The van der Waals surface area contributed by atoms with Crippen molar-refractivity contribution in [2.24, 2.45) is 0 Å². The van der Waals surface area contributed by atoms with Gasteiger partial charge in [0.15, 0.2) is 12.4 Å². The maximum absolute atomic E-state index is 13.5. The van der Waals surface area contributed by atoms with Crippen molar-refractivity contribution in [1.29, 1.82) is 0 Å². The molecule has 0 radical (unpaired) electrons. The molecule has 1 saturated heterocycles. The molecule has 8 unspecified atom stereocenters. The molecular weight excluding hydrogens is 1060 g/mol. The molecule has 492 valence electrons. The van der Waals surface area contributed by atoms with Gasteiger partial charge in [0.25, 0.3) is 0 Å². The summed E-state index contributed by atoms with van der Waals surface area (Å²) in [6, 6.07) is -1.04. The first-order valence-electron chi connectivity index (χ1n) is 35.4. The summed E-state index contributed by atoms with van der Waals surface area (Å²) in [6.07, 6.45) is 70.5. The van der Waals surface area contributed by atoms with E-state index in [0.717, 1.165) is 89.9 Å². The highest BCUT2D eigenvalue weighted by atomic mass is 16.7. The summed E-state index contributed by atoms with van der Waals surface area (Å²) in [6.45, 7) is 5.69. The monoisotopic (exact) mass is 1190 g/mol. The van der Waals surface area contributed by atoms with Crippen LogP contribution in [0.3, 0.4) is 0 Å². The van der Waals surface area contributed by atoms with Crippen molar-refractivity contribution in [3.8, 4) is 0 Å². The minimum Gasteiger partial charge on any atom is -0.454 e. The zero-order valence-electron chi connectivity index (χ0n) is 54.7. The van der Waals surface area contributed by atoms with Crippen LogP contribution in [0, 0.1) is 0 Å². The van der Waals surface area contributed by atoms with Gasteiger partial charge in [0, 0.05) is 6.42 Å². The number of ether oxygens (including phenoxy) is 3. The summed E-state index contributed by atoms with van der Waals surface area (Å²) < 4.78 is 17.7. The Labute approximate surface area is 521 Å². The van der Waals surface area contributed by atoms with Gasteiger partial charge in [-0.3, -0.25) is 9.59 Å². The molecule has 1 aliphatic heterocycles. The van der Waals surface area contributed by atoms with Gasteiger partial charge >= 0.3 is 5.97 Å². The number of amides is 1. The number of carbonyl (C=O) groups excluding carboxylic acids is 2. The van der Waals surface area contributed by atoms with E-state index in [1.54, 1.807) is 6.08 Å². The van der Waals surface area contributed by atoms with Gasteiger partial charge in [0.05, 0.1) is 25.4 Å². The first-order chi connectivity index (χ1) is 41.7. The molecule has 1 aliphatic rings. The Bertz CT molecular complexity index is 1710. The highest BCUT2D eigenvalue weighted by Gasteiger charge is 2.47. The average Bonchev–Trinajstić information content (AvgIpc) is 2.49. The first-order valence-corrected chi connectivity index (χ1v) is 35.4. The van der Waals surface area contributed by atoms with Gasteiger partial charge in [-0.2, -0.15) is 0 Å². The van der Waals surface area contributed by atoms with Crippen molar-refractivity contribution in [2.75, 3.05) is 13.2 Å². The lowest BCUT2D eigenvalue weighted by atomic mass is 9.99. The van der Waals surface area contributed by atoms with E-state index in [2.05, 4.69) is 99.0 Å². The molecule has 0 aromatic heterocycles. The van der Waals surface area contributed by atoms with Crippen molar-refractivity contribution < 1.29 is 49.3 Å². The molecule has 1 rings (SSSR count). The molecule has 0 aliphatic carbocycles. The second-order valence-electron chi connectivity index (χ2n) is 24.2. The summed E-state index contributed by atoms with van der Waals surface area (Å²) >= 11 is 0. The fraction of sp³-hybridized carbons (Fsp3) is 0.784. The van der Waals surface area contributed by atoms with Crippen LogP contribution in [0.2, 0.25) is 0 Å². The van der Waals surface area contributed by atoms with Crippen molar-refractivity contribution in [3.63, 3.8) is 0 Å². The Morgan fingerprint density at radius 2 is 0.847 bits per heavy atom. The number of aliphatic hydroxyl groups is 5. The predicted octanol–water partition coefficient (Wildman–Crippen LogP) is 18.1. The largest absolute Gasteiger partial charge is 0.454 e. The van der Waals surface area contributed by atoms with Crippen molar-refractivity contribution >= 4 is 11.9 Å². The van der Waals surface area contributed by atoms with Crippen LogP contribution in [0.25, 0.3) is 0 Å². The van der Waals surface area contributed by atoms with Crippen LogP contribution in [0.1, 0.15) is 310 Å². The van der Waals surface area contributed by atoms with Crippen LogP contribution in [0.15, 0.2) is 85.1 Å². The Balaban J connectivity index is 2.61. The Kier molecular flexibility index (Phi) is 57.4. The molecule has 0 spiro atoms. The molecule has 85 heavy (non-hydrogen) atoms. The molecule has 8 atom stereocenters. The van der Waals surface area contributed by atoms with E-state index in [0.29, 0.717) is 12.8 Å². The van der Waals surface area contributed by atoms with Gasteiger partial charge in [0.1, 0.15) is 24.4 Å². The van der Waals surface area contributed by atoms with Crippen LogP contribution < -0.4 is 5.32 Å². The maximum Gasteiger partial charge on any atom is 0.306 e. The molecule has 0 saturated carbocycles. The van der Waals surface area contributed by atoms with E-state index < -0.39 is 67.4 Å². The summed E-state index contributed by atoms with van der Waals surface area (Å²) in [4.78, 5) is 26.7. The minimum atomic E-state index is -1.63. The van der Waals surface area contributed by atoms with Gasteiger partial charge < -0.3 is 45.1 Å². The fourth-order valence-electron chi connectivity index (χ4n) is 10.7. The zero-order chi connectivity index (χ0) is 61.7. The molecule has 1 amide bonds. The highest BCUT2D eigenvalue weighted by Crippen LogP contribution is 2.26. The molecule has 1 heterocycles. The Morgan fingerprint density at radius 1 is 0.471 bits per heavy atom. The smallest absolute Gasteiger partial charge is 0.306 e. The number of carbonyl (C=O) groups is 2. The van der Waals surface area contributed by atoms with Gasteiger partial charge in [-0.1, -0.05) is 292 Å². The molecule has 1 fully saturated rings. The molecule has 6 N–H and O–H groups in total. The fourth-order valence-corrected chi connectivity index (χ4v) is 10.7. The Morgan fingerprint density at radius 3 is 1.28 bits per heavy atom. The third-order valence-electron chi connectivity index (χ3n) is 16.3. The summed E-state index contributed by atoms with van der Waals surface area (Å²) in [5, 5.41) is 57.2. The van der Waals surface area contributed by atoms with E-state index in [4.69, 9.17) is 14.2 Å². The number of aliphatic hydroxyl groups excluding tert-OH is 5. The van der Waals surface area contributed by atoms with Crippen molar-refractivity contribution in [3.05, 3.63) is 85.1 Å².